The minimum atomic E-state index is 0.181. The molecule has 0 aromatic rings. The Hall–Kier alpha value is -0.0500. The molecule has 1 amide bonds. The van der Waals surface area contributed by atoms with Crippen molar-refractivity contribution in [3.63, 3.8) is 0 Å². The largest absolute Gasteiger partial charge is 0.356 e. The SMILES string of the molecule is CC1CCCC(CNC(=O)CCBr)C1. The Kier molecular flexibility index (Phi) is 5.53. The number of carbonyl (C=O) groups excluding carboxylic acids is 1. The van der Waals surface area contributed by atoms with Gasteiger partial charge in [-0.25, -0.2) is 0 Å². The Balaban J connectivity index is 2.14. The summed E-state index contributed by atoms with van der Waals surface area (Å²) in [5.74, 6) is 1.75. The lowest BCUT2D eigenvalue weighted by Gasteiger charge is -2.26. The van der Waals surface area contributed by atoms with E-state index in [1.54, 1.807) is 0 Å². The van der Waals surface area contributed by atoms with Gasteiger partial charge in [0.05, 0.1) is 0 Å². The molecule has 1 fully saturated rings. The summed E-state index contributed by atoms with van der Waals surface area (Å²) in [7, 11) is 0. The molecule has 1 aliphatic rings. The van der Waals surface area contributed by atoms with Gasteiger partial charge in [0.15, 0.2) is 0 Å². The summed E-state index contributed by atoms with van der Waals surface area (Å²) in [6.07, 6.45) is 5.88. The predicted octanol–water partition coefficient (Wildman–Crippen LogP) is 2.71. The van der Waals surface area contributed by atoms with Gasteiger partial charge in [-0.05, 0) is 24.7 Å². The number of hydrogen-bond acceptors (Lipinski definition) is 1. The Morgan fingerprint density at radius 1 is 1.50 bits per heavy atom. The molecule has 14 heavy (non-hydrogen) atoms. The van der Waals surface area contributed by atoms with Crippen molar-refractivity contribution < 1.29 is 4.79 Å². The zero-order chi connectivity index (χ0) is 10.4. The minimum absolute atomic E-state index is 0.181. The number of amides is 1. The third kappa shape index (κ3) is 4.45. The van der Waals surface area contributed by atoms with Gasteiger partial charge in [-0.2, -0.15) is 0 Å². The summed E-state index contributed by atoms with van der Waals surface area (Å²) in [5.41, 5.74) is 0. The van der Waals surface area contributed by atoms with Crippen molar-refractivity contribution in [2.45, 2.75) is 39.0 Å². The third-order valence-electron chi connectivity index (χ3n) is 2.95. The van der Waals surface area contributed by atoms with E-state index in [1.807, 2.05) is 0 Å². The third-order valence-corrected chi connectivity index (χ3v) is 3.35. The average Bonchev–Trinajstić information content (AvgIpc) is 2.15. The molecule has 1 saturated carbocycles. The van der Waals surface area contributed by atoms with Gasteiger partial charge in [-0.3, -0.25) is 4.79 Å². The maximum absolute atomic E-state index is 11.2. The smallest absolute Gasteiger partial charge is 0.220 e. The summed E-state index contributed by atoms with van der Waals surface area (Å²) < 4.78 is 0. The summed E-state index contributed by atoms with van der Waals surface area (Å²) in [6.45, 7) is 3.20. The first kappa shape index (κ1) is 12.0. The number of alkyl halides is 1. The Labute approximate surface area is 95.0 Å². The lowest BCUT2D eigenvalue weighted by Crippen LogP contribution is -2.31. The van der Waals surface area contributed by atoms with Crippen molar-refractivity contribution in [2.24, 2.45) is 11.8 Å². The summed E-state index contributed by atoms with van der Waals surface area (Å²) in [4.78, 5) is 11.2. The summed E-state index contributed by atoms with van der Waals surface area (Å²) >= 11 is 3.26. The fraction of sp³-hybridized carbons (Fsp3) is 0.909. The fourth-order valence-corrected chi connectivity index (χ4v) is 2.54. The molecule has 1 N–H and O–H groups in total. The zero-order valence-corrected chi connectivity index (χ0v) is 10.5. The van der Waals surface area contributed by atoms with E-state index in [-0.39, 0.29) is 5.91 Å². The van der Waals surface area contributed by atoms with E-state index in [9.17, 15) is 4.79 Å². The molecule has 0 aliphatic heterocycles. The van der Waals surface area contributed by atoms with Crippen molar-refractivity contribution in [1.29, 1.82) is 0 Å². The topological polar surface area (TPSA) is 29.1 Å². The number of carbonyl (C=O) groups is 1. The van der Waals surface area contributed by atoms with E-state index in [2.05, 4.69) is 28.2 Å². The standard InChI is InChI=1S/C11H20BrNO/c1-9-3-2-4-10(7-9)8-13-11(14)5-6-12/h9-10H,2-8H2,1H3,(H,13,14). The molecule has 1 rings (SSSR count). The second kappa shape index (κ2) is 6.44. The van der Waals surface area contributed by atoms with Crippen molar-refractivity contribution in [3.8, 4) is 0 Å². The molecular formula is C11H20BrNO. The van der Waals surface area contributed by atoms with Crippen LogP contribution in [0.4, 0.5) is 0 Å². The van der Waals surface area contributed by atoms with Gasteiger partial charge < -0.3 is 5.32 Å². The van der Waals surface area contributed by atoms with Crippen LogP contribution in [0.5, 0.6) is 0 Å². The van der Waals surface area contributed by atoms with Gasteiger partial charge in [0.1, 0.15) is 0 Å². The molecule has 2 unspecified atom stereocenters. The van der Waals surface area contributed by atoms with Crippen LogP contribution in [-0.4, -0.2) is 17.8 Å². The highest BCUT2D eigenvalue weighted by molar-refractivity contribution is 9.09. The summed E-state index contributed by atoms with van der Waals surface area (Å²) in [5, 5.41) is 3.77. The van der Waals surface area contributed by atoms with Crippen molar-refractivity contribution in [3.05, 3.63) is 0 Å². The van der Waals surface area contributed by atoms with Crippen LogP contribution < -0.4 is 5.32 Å². The van der Waals surface area contributed by atoms with E-state index in [0.717, 1.165) is 23.7 Å². The van der Waals surface area contributed by atoms with E-state index < -0.39 is 0 Å². The molecule has 0 heterocycles. The van der Waals surface area contributed by atoms with Crippen LogP contribution in [0.15, 0.2) is 0 Å². The van der Waals surface area contributed by atoms with E-state index in [1.165, 1.54) is 25.7 Å². The number of halogens is 1. The van der Waals surface area contributed by atoms with Gasteiger partial charge in [-0.1, -0.05) is 35.7 Å². The van der Waals surface area contributed by atoms with Crippen LogP contribution >= 0.6 is 15.9 Å². The van der Waals surface area contributed by atoms with Crippen molar-refractivity contribution >= 4 is 21.8 Å². The van der Waals surface area contributed by atoms with E-state index in [4.69, 9.17) is 0 Å². The second-order valence-corrected chi connectivity index (χ2v) is 5.17. The second-order valence-electron chi connectivity index (χ2n) is 4.38. The van der Waals surface area contributed by atoms with Crippen molar-refractivity contribution in [2.75, 3.05) is 11.9 Å². The number of nitrogens with one attached hydrogen (secondary N) is 1. The molecule has 0 aromatic carbocycles. The number of rotatable bonds is 4. The molecule has 1 aliphatic carbocycles. The normalized spacial score (nSPS) is 27.3. The Bertz CT molecular complexity index is 184. The molecule has 0 bridgehead atoms. The van der Waals surface area contributed by atoms with Crippen LogP contribution in [0, 0.1) is 11.8 Å². The van der Waals surface area contributed by atoms with Crippen LogP contribution in [0.3, 0.4) is 0 Å². The minimum Gasteiger partial charge on any atom is -0.356 e. The first-order valence-electron chi connectivity index (χ1n) is 5.55. The zero-order valence-electron chi connectivity index (χ0n) is 8.89. The highest BCUT2D eigenvalue weighted by atomic mass is 79.9. The maximum Gasteiger partial charge on any atom is 0.220 e. The molecular weight excluding hydrogens is 242 g/mol. The first-order valence-corrected chi connectivity index (χ1v) is 6.67. The van der Waals surface area contributed by atoms with Gasteiger partial charge in [0.2, 0.25) is 5.91 Å². The van der Waals surface area contributed by atoms with Gasteiger partial charge >= 0.3 is 0 Å². The molecule has 2 nitrogen and oxygen atoms in total. The maximum atomic E-state index is 11.2. The summed E-state index contributed by atoms with van der Waals surface area (Å²) in [6, 6.07) is 0. The van der Waals surface area contributed by atoms with E-state index >= 15 is 0 Å². The molecule has 0 spiro atoms. The average molecular weight is 262 g/mol. The highest BCUT2D eigenvalue weighted by Gasteiger charge is 2.18. The molecule has 0 radical (unpaired) electrons. The van der Waals surface area contributed by atoms with Gasteiger partial charge in [0, 0.05) is 18.3 Å². The van der Waals surface area contributed by atoms with Gasteiger partial charge in [-0.15, -0.1) is 0 Å². The molecule has 0 saturated heterocycles. The Morgan fingerprint density at radius 3 is 2.93 bits per heavy atom. The fourth-order valence-electron chi connectivity index (χ4n) is 2.18. The molecule has 3 heteroatoms. The molecule has 2 atom stereocenters. The quantitative estimate of drug-likeness (QED) is 0.775. The Morgan fingerprint density at radius 2 is 2.29 bits per heavy atom. The van der Waals surface area contributed by atoms with Gasteiger partial charge in [0.25, 0.3) is 0 Å². The number of hydrogen-bond donors (Lipinski definition) is 1. The predicted molar refractivity (Wildman–Crippen MR) is 62.5 cm³/mol. The lowest BCUT2D eigenvalue weighted by molar-refractivity contribution is -0.120. The lowest BCUT2D eigenvalue weighted by atomic mass is 9.82. The first-order chi connectivity index (χ1) is 6.72. The van der Waals surface area contributed by atoms with Crippen LogP contribution in [0.1, 0.15) is 39.0 Å². The van der Waals surface area contributed by atoms with E-state index in [0.29, 0.717) is 6.42 Å². The molecule has 82 valence electrons. The van der Waals surface area contributed by atoms with Crippen LogP contribution in [0.25, 0.3) is 0 Å². The van der Waals surface area contributed by atoms with Crippen molar-refractivity contribution in [1.82, 2.24) is 5.32 Å². The highest BCUT2D eigenvalue weighted by Crippen LogP contribution is 2.27. The monoisotopic (exact) mass is 261 g/mol. The molecule has 0 aromatic heterocycles. The van der Waals surface area contributed by atoms with Crippen LogP contribution in [-0.2, 0) is 4.79 Å². The van der Waals surface area contributed by atoms with Crippen LogP contribution in [0.2, 0.25) is 0 Å².